The van der Waals surface area contributed by atoms with Crippen molar-refractivity contribution in [3.05, 3.63) is 48.9 Å². The largest absolute Gasteiger partial charge is 0.355 e. The molecule has 3 aromatic rings. The highest BCUT2D eigenvalue weighted by molar-refractivity contribution is 5.91. The summed E-state index contributed by atoms with van der Waals surface area (Å²) in [6.45, 7) is 2.42. The minimum atomic E-state index is -0.121. The van der Waals surface area contributed by atoms with Crippen LogP contribution in [0.4, 0.5) is 5.69 Å². The van der Waals surface area contributed by atoms with Crippen LogP contribution >= 0.6 is 0 Å². The molecule has 1 aromatic carbocycles. The molecule has 0 saturated heterocycles. The molecule has 1 saturated carbocycles. The van der Waals surface area contributed by atoms with Gasteiger partial charge in [0.25, 0.3) is 0 Å². The fraction of sp³-hybridized carbons (Fsp3) is 0.300. The Kier molecular flexibility index (Phi) is 4.58. The predicted molar refractivity (Wildman–Crippen MR) is 102 cm³/mol. The van der Waals surface area contributed by atoms with Crippen LogP contribution in [0.25, 0.3) is 17.0 Å². The summed E-state index contributed by atoms with van der Waals surface area (Å²) in [6, 6.07) is 9.36. The number of nitrogens with zero attached hydrogens (tertiary/aromatic N) is 3. The summed E-state index contributed by atoms with van der Waals surface area (Å²) in [6.07, 6.45) is 6.73. The van der Waals surface area contributed by atoms with Gasteiger partial charge in [0.1, 0.15) is 0 Å². The Labute approximate surface area is 156 Å². The highest BCUT2D eigenvalue weighted by Gasteiger charge is 2.38. The Hall–Kier alpha value is -3.22. The average molecular weight is 363 g/mol. The monoisotopic (exact) mass is 363 g/mol. The number of carbonyl (C=O) groups excluding carboxylic acids is 2. The summed E-state index contributed by atoms with van der Waals surface area (Å²) >= 11 is 0. The van der Waals surface area contributed by atoms with Crippen molar-refractivity contribution >= 4 is 23.3 Å². The second kappa shape index (κ2) is 7.19. The summed E-state index contributed by atoms with van der Waals surface area (Å²) in [5.41, 5.74) is 2.49. The minimum absolute atomic E-state index is 0.0570. The topological polar surface area (TPSA) is 88.4 Å². The Morgan fingerprint density at radius 3 is 2.74 bits per heavy atom. The molecule has 4 rings (SSSR count). The number of aromatic nitrogens is 3. The zero-order valence-electron chi connectivity index (χ0n) is 15.1. The molecule has 2 atom stereocenters. The van der Waals surface area contributed by atoms with E-state index in [0.717, 1.165) is 17.7 Å². The van der Waals surface area contributed by atoms with Gasteiger partial charge in [-0.1, -0.05) is 19.1 Å². The molecule has 0 bridgehead atoms. The van der Waals surface area contributed by atoms with Crippen LogP contribution in [-0.4, -0.2) is 32.7 Å². The van der Waals surface area contributed by atoms with Gasteiger partial charge in [0.15, 0.2) is 0 Å². The number of nitrogens with one attached hydrogen (secondary N) is 2. The number of fused-ring (bicyclic) bond motifs is 1. The lowest BCUT2D eigenvalue weighted by molar-refractivity contribution is -0.122. The van der Waals surface area contributed by atoms with Gasteiger partial charge in [-0.25, -0.2) is 9.97 Å². The molecule has 7 heteroatoms. The lowest BCUT2D eigenvalue weighted by atomic mass is 10.1. The second-order valence-corrected chi connectivity index (χ2v) is 6.94. The van der Waals surface area contributed by atoms with Gasteiger partial charge in [0.2, 0.25) is 17.6 Å². The number of hydrogen-bond donors (Lipinski definition) is 2. The summed E-state index contributed by atoms with van der Waals surface area (Å²) in [5, 5.41) is 5.67. The minimum Gasteiger partial charge on any atom is -0.355 e. The molecule has 7 nitrogen and oxygen atoms in total. The number of imidazole rings is 1. The van der Waals surface area contributed by atoms with Crippen LogP contribution in [0.1, 0.15) is 19.8 Å². The van der Waals surface area contributed by atoms with Gasteiger partial charge >= 0.3 is 0 Å². The number of benzene rings is 1. The molecule has 0 radical (unpaired) electrons. The first-order valence-electron chi connectivity index (χ1n) is 9.08. The fourth-order valence-electron chi connectivity index (χ4n) is 3.03. The first-order valence-corrected chi connectivity index (χ1v) is 9.08. The number of hydrogen-bond acceptors (Lipinski definition) is 4. The molecule has 138 valence electrons. The van der Waals surface area contributed by atoms with E-state index >= 15 is 0 Å². The first kappa shape index (κ1) is 17.2. The van der Waals surface area contributed by atoms with Crippen molar-refractivity contribution in [2.75, 3.05) is 11.9 Å². The van der Waals surface area contributed by atoms with Crippen molar-refractivity contribution in [2.24, 2.45) is 11.8 Å². The third-order valence-electron chi connectivity index (χ3n) is 4.80. The predicted octanol–water partition coefficient (Wildman–Crippen LogP) is 2.50. The van der Waals surface area contributed by atoms with Gasteiger partial charge in [0, 0.05) is 48.7 Å². The standard InChI is InChI=1S/C20H21N5O2/c1-13-11-16(13)19(27)21-9-7-18(26)23-15-5-3-14(4-6-15)17-12-25-10-2-8-22-20(25)24-17/h2-6,8,10,12-13,16H,7,9,11H2,1H3,(H,21,27)(H,23,26)/t13-,16-/m0/s1. The van der Waals surface area contributed by atoms with Crippen molar-refractivity contribution in [3.8, 4) is 11.3 Å². The number of carbonyl (C=O) groups is 2. The second-order valence-electron chi connectivity index (χ2n) is 6.94. The summed E-state index contributed by atoms with van der Waals surface area (Å²) < 4.78 is 1.86. The van der Waals surface area contributed by atoms with Crippen molar-refractivity contribution < 1.29 is 9.59 Å². The van der Waals surface area contributed by atoms with E-state index in [4.69, 9.17) is 0 Å². The summed E-state index contributed by atoms with van der Waals surface area (Å²) in [5.74, 6) is 1.19. The third-order valence-corrected chi connectivity index (χ3v) is 4.80. The van der Waals surface area contributed by atoms with Crippen molar-refractivity contribution in [3.63, 3.8) is 0 Å². The summed E-state index contributed by atoms with van der Waals surface area (Å²) in [4.78, 5) is 32.5. The third kappa shape index (κ3) is 3.97. The maximum atomic E-state index is 12.0. The maximum Gasteiger partial charge on any atom is 0.234 e. The fourth-order valence-corrected chi connectivity index (χ4v) is 3.03. The van der Waals surface area contributed by atoms with Crippen molar-refractivity contribution in [2.45, 2.75) is 19.8 Å². The van der Waals surface area contributed by atoms with Crippen LogP contribution in [-0.2, 0) is 9.59 Å². The van der Waals surface area contributed by atoms with E-state index < -0.39 is 0 Å². The van der Waals surface area contributed by atoms with Crippen LogP contribution in [0.3, 0.4) is 0 Å². The van der Waals surface area contributed by atoms with Gasteiger partial charge < -0.3 is 10.6 Å². The van der Waals surface area contributed by atoms with Gasteiger partial charge in [-0.15, -0.1) is 0 Å². The Bertz CT molecular complexity index is 946. The number of amides is 2. The Morgan fingerprint density at radius 2 is 2.04 bits per heavy atom. The maximum absolute atomic E-state index is 12.0. The molecule has 0 unspecified atom stereocenters. The average Bonchev–Trinajstić information content (AvgIpc) is 3.24. The van der Waals surface area contributed by atoms with Gasteiger partial charge in [-0.3, -0.25) is 14.0 Å². The first-order chi connectivity index (χ1) is 13.1. The molecular weight excluding hydrogens is 342 g/mol. The summed E-state index contributed by atoms with van der Waals surface area (Å²) in [7, 11) is 0. The van der Waals surface area contributed by atoms with E-state index in [1.54, 1.807) is 6.20 Å². The molecule has 1 aliphatic carbocycles. The van der Waals surface area contributed by atoms with E-state index in [-0.39, 0.29) is 24.2 Å². The van der Waals surface area contributed by atoms with Crippen LogP contribution in [0, 0.1) is 11.8 Å². The quantitative estimate of drug-likeness (QED) is 0.704. The molecule has 2 aromatic heterocycles. The van der Waals surface area contributed by atoms with Crippen LogP contribution < -0.4 is 10.6 Å². The van der Waals surface area contributed by atoms with Gasteiger partial charge in [-0.2, -0.15) is 0 Å². The van der Waals surface area contributed by atoms with E-state index in [1.165, 1.54) is 0 Å². The zero-order valence-corrected chi connectivity index (χ0v) is 15.1. The molecule has 27 heavy (non-hydrogen) atoms. The number of anilines is 1. The Balaban J connectivity index is 1.30. The van der Waals surface area contributed by atoms with Gasteiger partial charge in [-0.05, 0) is 30.5 Å². The van der Waals surface area contributed by atoms with E-state index in [1.807, 2.05) is 47.1 Å². The van der Waals surface area contributed by atoms with Crippen LogP contribution in [0.5, 0.6) is 0 Å². The van der Waals surface area contributed by atoms with Crippen molar-refractivity contribution in [1.29, 1.82) is 0 Å². The van der Waals surface area contributed by atoms with E-state index in [2.05, 4.69) is 27.5 Å². The smallest absolute Gasteiger partial charge is 0.234 e. The highest BCUT2D eigenvalue weighted by atomic mass is 16.2. The van der Waals surface area contributed by atoms with E-state index in [0.29, 0.717) is 23.9 Å². The molecule has 2 amide bonds. The lowest BCUT2D eigenvalue weighted by Crippen LogP contribution is -2.29. The molecule has 1 aliphatic rings. The van der Waals surface area contributed by atoms with E-state index in [9.17, 15) is 9.59 Å². The Morgan fingerprint density at radius 1 is 1.26 bits per heavy atom. The molecule has 0 spiro atoms. The lowest BCUT2D eigenvalue weighted by Gasteiger charge is -2.07. The molecule has 2 N–H and O–H groups in total. The van der Waals surface area contributed by atoms with Crippen molar-refractivity contribution in [1.82, 2.24) is 19.7 Å². The number of rotatable bonds is 6. The normalized spacial score (nSPS) is 18.3. The highest BCUT2D eigenvalue weighted by Crippen LogP contribution is 2.37. The molecular formula is C20H21N5O2. The molecule has 1 fully saturated rings. The van der Waals surface area contributed by atoms with Crippen LogP contribution in [0.15, 0.2) is 48.9 Å². The molecule has 2 heterocycles. The van der Waals surface area contributed by atoms with Crippen LogP contribution in [0.2, 0.25) is 0 Å². The zero-order chi connectivity index (χ0) is 18.8. The molecule has 0 aliphatic heterocycles. The van der Waals surface area contributed by atoms with Gasteiger partial charge in [0.05, 0.1) is 5.69 Å². The SMILES string of the molecule is C[C@H]1C[C@@H]1C(=O)NCCC(=O)Nc1ccc(-c2cn3cccnc3n2)cc1.